The third kappa shape index (κ3) is 1.94. The zero-order valence-corrected chi connectivity index (χ0v) is 11.1. The molecule has 1 fully saturated rings. The van der Waals surface area contributed by atoms with Crippen molar-refractivity contribution in [2.75, 3.05) is 5.73 Å². The molecule has 0 radical (unpaired) electrons. The number of nitrogen functional groups attached to an aromatic ring is 1. The molecule has 1 aliphatic carbocycles. The van der Waals surface area contributed by atoms with E-state index < -0.39 is 96.1 Å². The van der Waals surface area contributed by atoms with Gasteiger partial charge >= 0.3 is 0 Å². The minimum absolute atomic E-state index is 0.0286. The van der Waals surface area contributed by atoms with Gasteiger partial charge in [-0.2, -0.15) is 0 Å². The number of rotatable bonds is 1. The van der Waals surface area contributed by atoms with Gasteiger partial charge in [0.25, 0.3) is 5.56 Å². The van der Waals surface area contributed by atoms with E-state index in [9.17, 15) is 14.4 Å². The Bertz CT molecular complexity index is 1280. The highest BCUT2D eigenvalue weighted by Gasteiger charge is 2.41. The van der Waals surface area contributed by atoms with Crippen LogP contribution in [0.2, 0.25) is 0 Å². The van der Waals surface area contributed by atoms with Crippen LogP contribution in [0.4, 0.5) is 5.69 Å². The number of hydrogen-bond donors (Lipinski definition) is 1. The lowest BCUT2D eigenvalue weighted by atomic mass is 9.81. The maximum atomic E-state index is 13.6. The summed E-state index contributed by atoms with van der Waals surface area (Å²) in [4.78, 5) is 42.7. The third-order valence-electron chi connectivity index (χ3n) is 3.24. The second-order valence-electron chi connectivity index (χ2n) is 4.66. The minimum atomic E-state index is -3.82. The molecular formula is C16H17N3O3. The van der Waals surface area contributed by atoms with Gasteiger partial charge in [-0.1, -0.05) is 6.04 Å². The Morgan fingerprint density at radius 1 is 1.45 bits per heavy atom. The van der Waals surface area contributed by atoms with Crippen molar-refractivity contribution in [1.29, 1.82) is 0 Å². The topological polar surface area (TPSA) is 95.0 Å². The van der Waals surface area contributed by atoms with Crippen LogP contribution in [0, 0.1) is 6.90 Å². The molecule has 1 aromatic carbocycles. The van der Waals surface area contributed by atoms with Gasteiger partial charge in [-0.05, 0) is 32.2 Å². The van der Waals surface area contributed by atoms with Crippen LogP contribution in [0.3, 0.4) is 0 Å². The summed E-state index contributed by atoms with van der Waals surface area (Å²) in [5, 5.41) is -0.761. The molecule has 3 rings (SSSR count). The quantitative estimate of drug-likeness (QED) is 0.633. The standard InChI is InChI=1S/C16H17N3O3/c1-9-18-12-5-3-4-11(17)14(12)15(22)19(9)16(2)7-6-10(20)8-13(16)21/h3-5H,6-8,17H2,1-2H3/i1D,2D3,3D,4D,5D,6D2,7D2. The smallest absolute Gasteiger partial charge is 0.264 e. The van der Waals surface area contributed by atoms with Gasteiger partial charge in [-0.15, -0.1) is 0 Å². The van der Waals surface area contributed by atoms with E-state index in [0.717, 1.165) is 0 Å². The molecule has 0 amide bonds. The molecule has 2 N–H and O–H groups in total. The summed E-state index contributed by atoms with van der Waals surface area (Å²) in [5.74, 6) is -3.97. The van der Waals surface area contributed by atoms with Crippen molar-refractivity contribution in [2.24, 2.45) is 0 Å². The van der Waals surface area contributed by atoms with Crippen LogP contribution in [-0.2, 0) is 15.1 Å². The van der Waals surface area contributed by atoms with Gasteiger partial charge in [0.2, 0.25) is 0 Å². The first-order chi connectivity index (χ1) is 14.9. The molecule has 114 valence electrons. The van der Waals surface area contributed by atoms with Crippen LogP contribution in [0.15, 0.2) is 22.9 Å². The SMILES string of the molecule is [2H]Cc1nc2c([2H])c([2H])c([2H])c(N)c2c(=O)n1C1(C([2H])([2H])[2H])C(=O)CC(=O)C([2H])([2H])C1([2H])[2H]. The summed E-state index contributed by atoms with van der Waals surface area (Å²) in [5.41, 5.74) is -0.632. The number of hydrogen-bond acceptors (Lipinski definition) is 5. The first-order valence-electron chi connectivity index (χ1n) is 11.8. The fourth-order valence-electron chi connectivity index (χ4n) is 2.19. The molecule has 0 aliphatic heterocycles. The van der Waals surface area contributed by atoms with Gasteiger partial charge in [0.1, 0.15) is 17.1 Å². The van der Waals surface area contributed by atoms with E-state index in [2.05, 4.69) is 4.98 Å². The Morgan fingerprint density at radius 2 is 2.27 bits per heavy atom. The van der Waals surface area contributed by atoms with E-state index in [1.807, 2.05) is 0 Å². The molecular weight excluding hydrogens is 282 g/mol. The van der Waals surface area contributed by atoms with Gasteiger partial charge < -0.3 is 5.73 Å². The highest BCUT2D eigenvalue weighted by Crippen LogP contribution is 2.30. The van der Waals surface area contributed by atoms with Crippen molar-refractivity contribution in [3.63, 3.8) is 0 Å². The molecule has 6 heteroatoms. The summed E-state index contributed by atoms with van der Waals surface area (Å²) in [6, 6.07) is -2.23. The fraction of sp³-hybridized carbons (Fsp3) is 0.375. The van der Waals surface area contributed by atoms with Crippen molar-refractivity contribution in [3.8, 4) is 0 Å². The molecule has 1 aliphatic rings. The van der Waals surface area contributed by atoms with Gasteiger partial charge in [-0.25, -0.2) is 4.98 Å². The van der Waals surface area contributed by atoms with Gasteiger partial charge in [0.05, 0.1) is 21.4 Å². The summed E-state index contributed by atoms with van der Waals surface area (Å²) in [6.45, 7) is -4.78. The highest BCUT2D eigenvalue weighted by atomic mass is 16.2. The molecule has 2 aromatic rings. The lowest BCUT2D eigenvalue weighted by Crippen LogP contribution is -2.49. The van der Waals surface area contributed by atoms with E-state index in [4.69, 9.17) is 20.8 Å². The number of ketones is 2. The van der Waals surface area contributed by atoms with Crippen LogP contribution < -0.4 is 11.3 Å². The number of Topliss-reactive ketones (excluding diaryl/α,β-unsaturated/α-hetero) is 2. The van der Waals surface area contributed by atoms with Crippen molar-refractivity contribution in [1.82, 2.24) is 9.55 Å². The first-order valence-corrected chi connectivity index (χ1v) is 6.08. The molecule has 0 spiro atoms. The summed E-state index contributed by atoms with van der Waals surface area (Å²) >= 11 is 0. The molecule has 6 nitrogen and oxygen atoms in total. The maximum absolute atomic E-state index is 13.6. The van der Waals surface area contributed by atoms with Crippen LogP contribution in [0.25, 0.3) is 10.9 Å². The average molecular weight is 310 g/mol. The number of benzene rings is 1. The average Bonchev–Trinajstić information content (AvgIpc) is 2.69. The number of nitrogens with two attached hydrogens (primary N) is 1. The molecule has 0 bridgehead atoms. The Hall–Kier alpha value is -2.50. The number of nitrogens with zero attached hydrogens (tertiary/aromatic N) is 2. The minimum Gasteiger partial charge on any atom is -0.398 e. The van der Waals surface area contributed by atoms with Crippen LogP contribution >= 0.6 is 0 Å². The van der Waals surface area contributed by atoms with Gasteiger partial charge in [0.15, 0.2) is 5.78 Å². The number of carbonyl (C=O) groups excluding carboxylic acids is 2. The highest BCUT2D eigenvalue weighted by molar-refractivity contribution is 6.05. The molecule has 1 unspecified atom stereocenters. The van der Waals surface area contributed by atoms with Crippen LogP contribution in [0.1, 0.15) is 46.9 Å². The van der Waals surface area contributed by atoms with Crippen LogP contribution in [-0.4, -0.2) is 21.1 Å². The van der Waals surface area contributed by atoms with Crippen molar-refractivity contribution < 1.29 is 24.7 Å². The van der Waals surface area contributed by atoms with Crippen molar-refractivity contribution in [3.05, 3.63) is 34.3 Å². The predicted molar refractivity (Wildman–Crippen MR) is 82.7 cm³/mol. The van der Waals surface area contributed by atoms with Crippen LogP contribution in [0.5, 0.6) is 0 Å². The number of aromatic nitrogens is 2. The van der Waals surface area contributed by atoms with E-state index in [0.29, 0.717) is 0 Å². The van der Waals surface area contributed by atoms with E-state index in [-0.39, 0.29) is 4.57 Å². The lowest BCUT2D eigenvalue weighted by molar-refractivity contribution is -0.136. The largest absolute Gasteiger partial charge is 0.398 e. The Labute approximate surface area is 142 Å². The Balaban J connectivity index is 2.70. The fourth-order valence-corrected chi connectivity index (χ4v) is 2.19. The second kappa shape index (κ2) is 4.76. The number of carbonyl (C=O) groups is 2. The Morgan fingerprint density at radius 3 is 3.00 bits per heavy atom. The number of anilines is 1. The molecule has 0 saturated heterocycles. The third-order valence-corrected chi connectivity index (χ3v) is 3.24. The molecule has 1 heterocycles. The van der Waals surface area contributed by atoms with E-state index >= 15 is 0 Å². The zero-order valence-electron chi connectivity index (χ0n) is 22.1. The normalized spacial score (nSPS) is 34.6. The Kier molecular flexibility index (Phi) is 1.37. The molecule has 1 saturated carbocycles. The number of fused-ring (bicyclic) bond motifs is 1. The lowest BCUT2D eigenvalue weighted by Gasteiger charge is -2.34. The zero-order chi connectivity index (χ0) is 25.5. The first kappa shape index (κ1) is 6.32. The van der Waals surface area contributed by atoms with E-state index in [1.54, 1.807) is 0 Å². The molecule has 1 aromatic heterocycles. The van der Waals surface area contributed by atoms with Gasteiger partial charge in [0, 0.05) is 23.0 Å². The maximum Gasteiger partial charge on any atom is 0.264 e. The predicted octanol–water partition coefficient (Wildman–Crippen LogP) is 1.32. The molecule has 22 heavy (non-hydrogen) atoms. The number of aryl methyl sites for hydroxylation is 1. The van der Waals surface area contributed by atoms with E-state index in [1.165, 1.54) is 0 Å². The monoisotopic (exact) mass is 310 g/mol. The molecule has 1 atom stereocenters. The van der Waals surface area contributed by atoms with Crippen molar-refractivity contribution >= 4 is 28.2 Å². The summed E-state index contributed by atoms with van der Waals surface area (Å²) < 4.78 is 88.0. The summed E-state index contributed by atoms with van der Waals surface area (Å²) in [7, 11) is 0. The second-order valence-corrected chi connectivity index (χ2v) is 4.66. The van der Waals surface area contributed by atoms with Crippen molar-refractivity contribution in [2.45, 2.75) is 38.5 Å². The van der Waals surface area contributed by atoms with Gasteiger partial charge in [-0.3, -0.25) is 19.0 Å². The summed E-state index contributed by atoms with van der Waals surface area (Å²) in [6.07, 6.45) is -8.69.